The van der Waals surface area contributed by atoms with Gasteiger partial charge in [-0.25, -0.2) is 17.2 Å². The quantitative estimate of drug-likeness (QED) is 0.308. The van der Waals surface area contributed by atoms with Crippen molar-refractivity contribution in [1.29, 1.82) is 0 Å². The van der Waals surface area contributed by atoms with Crippen molar-refractivity contribution in [3.05, 3.63) is 83.9 Å². The standard InChI is InChI=1S/C30H35F2N3O6S/c1-6-20(2)33-30(37)21(3)34(18-22-7-9-23(31)10-8-22)29(36)19-35(25-13-11-24(32)12-14-25)42(38,39)26-15-16-27(40-4)28(17-26)41-5/h7-17,20-21H,6,18-19H2,1-5H3,(H,33,37). The number of halogens is 2. The summed E-state index contributed by atoms with van der Waals surface area (Å²) in [4.78, 5) is 28.0. The molecule has 0 heterocycles. The molecule has 3 aromatic rings. The molecular formula is C30H35F2N3O6S. The second-order valence-electron chi connectivity index (χ2n) is 9.65. The summed E-state index contributed by atoms with van der Waals surface area (Å²) < 4.78 is 66.6. The topological polar surface area (TPSA) is 105 Å². The van der Waals surface area contributed by atoms with E-state index in [1.807, 2.05) is 13.8 Å². The van der Waals surface area contributed by atoms with Gasteiger partial charge in [-0.05, 0) is 74.4 Å². The predicted octanol–water partition coefficient (Wildman–Crippen LogP) is 4.51. The molecule has 0 aromatic heterocycles. The lowest BCUT2D eigenvalue weighted by Crippen LogP contribution is -2.52. The average molecular weight is 604 g/mol. The maximum atomic E-state index is 14.0. The van der Waals surface area contributed by atoms with Crippen molar-refractivity contribution in [2.24, 2.45) is 0 Å². The summed E-state index contributed by atoms with van der Waals surface area (Å²) >= 11 is 0. The summed E-state index contributed by atoms with van der Waals surface area (Å²) in [6.07, 6.45) is 0.659. The van der Waals surface area contributed by atoms with Crippen molar-refractivity contribution in [2.75, 3.05) is 25.1 Å². The molecule has 0 saturated carbocycles. The first kappa shape index (κ1) is 32.3. The van der Waals surface area contributed by atoms with Crippen LogP contribution in [0.5, 0.6) is 11.5 Å². The lowest BCUT2D eigenvalue weighted by atomic mass is 10.1. The second-order valence-corrected chi connectivity index (χ2v) is 11.5. The van der Waals surface area contributed by atoms with Gasteiger partial charge in [-0.15, -0.1) is 0 Å². The number of hydrogen-bond acceptors (Lipinski definition) is 6. The first-order chi connectivity index (χ1) is 19.9. The molecule has 0 bridgehead atoms. The number of rotatable bonds is 13. The van der Waals surface area contributed by atoms with Gasteiger partial charge in [0.2, 0.25) is 11.8 Å². The summed E-state index contributed by atoms with van der Waals surface area (Å²) in [5, 5.41) is 2.84. The zero-order chi connectivity index (χ0) is 31.0. The van der Waals surface area contributed by atoms with Crippen LogP contribution in [0.1, 0.15) is 32.8 Å². The highest BCUT2D eigenvalue weighted by Crippen LogP contribution is 2.32. The van der Waals surface area contributed by atoms with E-state index in [-0.39, 0.29) is 28.9 Å². The number of methoxy groups -OCH3 is 2. The van der Waals surface area contributed by atoms with Crippen molar-refractivity contribution in [1.82, 2.24) is 10.2 Å². The molecule has 0 saturated heterocycles. The molecule has 2 unspecified atom stereocenters. The van der Waals surface area contributed by atoms with Crippen molar-refractivity contribution in [3.63, 3.8) is 0 Å². The minimum atomic E-state index is -4.42. The van der Waals surface area contributed by atoms with Gasteiger partial charge in [0, 0.05) is 18.7 Å². The summed E-state index contributed by atoms with van der Waals surface area (Å²) in [7, 11) is -1.66. The fraction of sp³-hybridized carbons (Fsp3) is 0.333. The Balaban J connectivity index is 2.06. The SMILES string of the molecule is CCC(C)NC(=O)C(C)N(Cc1ccc(F)cc1)C(=O)CN(c1ccc(F)cc1)S(=O)(=O)c1ccc(OC)c(OC)c1. The average Bonchev–Trinajstić information content (AvgIpc) is 2.98. The van der Waals surface area contributed by atoms with Crippen molar-refractivity contribution in [3.8, 4) is 11.5 Å². The summed E-state index contributed by atoms with van der Waals surface area (Å²) in [5.41, 5.74) is 0.557. The molecule has 0 fully saturated rings. The lowest BCUT2D eigenvalue weighted by molar-refractivity contribution is -0.139. The van der Waals surface area contributed by atoms with E-state index in [0.717, 1.165) is 16.4 Å². The summed E-state index contributed by atoms with van der Waals surface area (Å²) in [6, 6.07) is 12.9. The van der Waals surface area contributed by atoms with Gasteiger partial charge in [-0.1, -0.05) is 19.1 Å². The van der Waals surface area contributed by atoms with Crippen LogP contribution in [0.2, 0.25) is 0 Å². The molecule has 3 rings (SSSR count). The Morgan fingerprint density at radius 3 is 2.00 bits per heavy atom. The van der Waals surface area contributed by atoms with Gasteiger partial charge in [-0.2, -0.15) is 0 Å². The summed E-state index contributed by atoms with van der Waals surface area (Å²) in [6.45, 7) is 4.44. The van der Waals surface area contributed by atoms with Crippen LogP contribution in [0.3, 0.4) is 0 Å². The molecule has 0 aliphatic rings. The number of ether oxygens (including phenoxy) is 2. The van der Waals surface area contributed by atoms with Crippen molar-refractivity contribution in [2.45, 2.75) is 50.7 Å². The van der Waals surface area contributed by atoms with Gasteiger partial charge in [0.05, 0.1) is 24.8 Å². The van der Waals surface area contributed by atoms with E-state index in [4.69, 9.17) is 9.47 Å². The van der Waals surface area contributed by atoms with E-state index in [1.165, 1.54) is 80.6 Å². The molecule has 0 aliphatic heterocycles. The van der Waals surface area contributed by atoms with Crippen LogP contribution in [-0.4, -0.2) is 58.0 Å². The van der Waals surface area contributed by atoms with Crippen LogP contribution >= 0.6 is 0 Å². The number of sulfonamides is 1. The molecule has 2 amide bonds. The number of carbonyl (C=O) groups excluding carboxylic acids is 2. The van der Waals surface area contributed by atoms with Crippen LogP contribution in [0.4, 0.5) is 14.5 Å². The smallest absolute Gasteiger partial charge is 0.264 e. The normalized spacial score (nSPS) is 12.6. The molecule has 0 radical (unpaired) electrons. The minimum absolute atomic E-state index is 0.0259. The molecular weight excluding hydrogens is 568 g/mol. The van der Waals surface area contributed by atoms with Crippen molar-refractivity contribution >= 4 is 27.5 Å². The largest absolute Gasteiger partial charge is 0.493 e. The lowest BCUT2D eigenvalue weighted by Gasteiger charge is -2.32. The third kappa shape index (κ3) is 7.75. The third-order valence-corrected chi connectivity index (χ3v) is 8.54. The van der Waals surface area contributed by atoms with Crippen LogP contribution < -0.4 is 19.1 Å². The Hall–Kier alpha value is -4.19. The molecule has 2 atom stereocenters. The van der Waals surface area contributed by atoms with Gasteiger partial charge in [0.1, 0.15) is 24.2 Å². The van der Waals surface area contributed by atoms with Gasteiger partial charge >= 0.3 is 0 Å². The Morgan fingerprint density at radius 1 is 0.881 bits per heavy atom. The van der Waals surface area contributed by atoms with Gasteiger partial charge < -0.3 is 19.7 Å². The molecule has 3 aromatic carbocycles. The van der Waals surface area contributed by atoms with Crippen LogP contribution in [0, 0.1) is 11.6 Å². The number of hydrogen-bond donors (Lipinski definition) is 1. The Morgan fingerprint density at radius 2 is 1.45 bits per heavy atom. The molecule has 42 heavy (non-hydrogen) atoms. The maximum Gasteiger partial charge on any atom is 0.264 e. The first-order valence-electron chi connectivity index (χ1n) is 13.3. The third-order valence-electron chi connectivity index (χ3n) is 6.77. The number of nitrogens with one attached hydrogen (secondary N) is 1. The summed E-state index contributed by atoms with van der Waals surface area (Å²) in [5.74, 6) is -1.76. The van der Waals surface area contributed by atoms with E-state index < -0.39 is 46.1 Å². The fourth-order valence-corrected chi connectivity index (χ4v) is 5.51. The number of benzene rings is 3. The molecule has 1 N–H and O–H groups in total. The Labute approximate surface area is 245 Å². The zero-order valence-electron chi connectivity index (χ0n) is 24.1. The van der Waals surface area contributed by atoms with Gasteiger partial charge in [0.25, 0.3) is 10.0 Å². The number of nitrogens with zero attached hydrogens (tertiary/aromatic N) is 2. The highest BCUT2D eigenvalue weighted by molar-refractivity contribution is 7.92. The van der Waals surface area contributed by atoms with E-state index >= 15 is 0 Å². The molecule has 226 valence electrons. The highest BCUT2D eigenvalue weighted by Gasteiger charge is 2.33. The van der Waals surface area contributed by atoms with Crippen LogP contribution in [0.25, 0.3) is 0 Å². The van der Waals surface area contributed by atoms with Crippen LogP contribution in [-0.2, 0) is 26.2 Å². The molecule has 0 aliphatic carbocycles. The highest BCUT2D eigenvalue weighted by atomic mass is 32.2. The van der Waals surface area contributed by atoms with E-state index in [2.05, 4.69) is 5.32 Å². The molecule has 0 spiro atoms. The zero-order valence-corrected chi connectivity index (χ0v) is 25.0. The Bertz CT molecular complexity index is 1480. The number of amides is 2. The van der Waals surface area contributed by atoms with Gasteiger partial charge in [0.15, 0.2) is 11.5 Å². The molecule has 9 nitrogen and oxygen atoms in total. The van der Waals surface area contributed by atoms with Crippen LogP contribution in [0.15, 0.2) is 71.6 Å². The predicted molar refractivity (Wildman–Crippen MR) is 155 cm³/mol. The van der Waals surface area contributed by atoms with Crippen molar-refractivity contribution < 1.29 is 36.3 Å². The van der Waals surface area contributed by atoms with E-state index in [9.17, 15) is 26.8 Å². The minimum Gasteiger partial charge on any atom is -0.493 e. The van der Waals surface area contributed by atoms with Gasteiger partial charge in [-0.3, -0.25) is 13.9 Å². The fourth-order valence-electron chi connectivity index (χ4n) is 4.07. The maximum absolute atomic E-state index is 14.0. The van der Waals surface area contributed by atoms with E-state index in [0.29, 0.717) is 17.7 Å². The second kappa shape index (κ2) is 14.1. The van der Waals surface area contributed by atoms with E-state index in [1.54, 1.807) is 0 Å². The number of anilines is 1. The monoisotopic (exact) mass is 603 g/mol. The number of carbonyl (C=O) groups is 2. The molecule has 12 heteroatoms. The Kier molecular flexibility index (Phi) is 10.9. The first-order valence-corrected chi connectivity index (χ1v) is 14.7.